The molecule has 15 heavy (non-hydrogen) atoms. The fourth-order valence-corrected chi connectivity index (χ4v) is 2.30. The number of aromatic nitrogens is 1. The molecule has 0 spiro atoms. The first-order valence-corrected chi connectivity index (χ1v) is 5.94. The van der Waals surface area contributed by atoms with Gasteiger partial charge in [0.2, 0.25) is 0 Å². The maximum absolute atomic E-state index is 5.75. The van der Waals surface area contributed by atoms with Crippen molar-refractivity contribution in [1.29, 1.82) is 0 Å². The number of piperidine rings is 1. The average Bonchev–Trinajstić information content (AvgIpc) is 2.22. The van der Waals surface area contributed by atoms with Crippen LogP contribution < -0.4 is 0 Å². The number of hydrogen-bond donors (Lipinski definition) is 0. The topological polar surface area (TPSA) is 16.1 Å². The van der Waals surface area contributed by atoms with Crippen molar-refractivity contribution in [2.45, 2.75) is 26.3 Å². The number of halogens is 1. The van der Waals surface area contributed by atoms with E-state index in [1.807, 2.05) is 12.3 Å². The molecule has 1 aliphatic rings. The second kappa shape index (κ2) is 4.95. The largest absolute Gasteiger partial charge is 0.299 e. The van der Waals surface area contributed by atoms with E-state index in [4.69, 9.17) is 11.6 Å². The molecule has 1 saturated heterocycles. The fourth-order valence-electron chi connectivity index (χ4n) is 2.19. The van der Waals surface area contributed by atoms with Gasteiger partial charge in [0.25, 0.3) is 0 Å². The van der Waals surface area contributed by atoms with Crippen molar-refractivity contribution in [1.82, 2.24) is 9.88 Å². The quantitative estimate of drug-likeness (QED) is 0.719. The van der Waals surface area contributed by atoms with Crippen molar-refractivity contribution >= 4 is 11.6 Å². The summed E-state index contributed by atoms with van der Waals surface area (Å²) in [5.74, 6) is 0.832. The number of hydrogen-bond acceptors (Lipinski definition) is 2. The molecule has 1 aromatic heterocycles. The molecule has 1 aliphatic heterocycles. The van der Waals surface area contributed by atoms with Crippen LogP contribution in [0.25, 0.3) is 0 Å². The molecular formula is C12H17ClN2. The van der Waals surface area contributed by atoms with Gasteiger partial charge in [0.1, 0.15) is 5.15 Å². The van der Waals surface area contributed by atoms with Crippen LogP contribution in [0.2, 0.25) is 5.15 Å². The Bertz CT molecular complexity index is 310. The molecule has 2 nitrogen and oxygen atoms in total. The molecule has 0 aliphatic carbocycles. The van der Waals surface area contributed by atoms with Crippen LogP contribution >= 0.6 is 11.6 Å². The summed E-state index contributed by atoms with van der Waals surface area (Å²) in [6, 6.07) is 3.93. The monoisotopic (exact) mass is 224 g/mol. The van der Waals surface area contributed by atoms with E-state index in [1.165, 1.54) is 31.5 Å². The van der Waals surface area contributed by atoms with Crippen LogP contribution in [0.15, 0.2) is 18.3 Å². The van der Waals surface area contributed by atoms with E-state index >= 15 is 0 Å². The molecule has 3 heteroatoms. The molecule has 0 saturated carbocycles. The van der Waals surface area contributed by atoms with Gasteiger partial charge in [-0.1, -0.05) is 24.6 Å². The molecule has 1 fully saturated rings. The van der Waals surface area contributed by atoms with E-state index in [9.17, 15) is 0 Å². The highest BCUT2D eigenvalue weighted by atomic mass is 35.5. The molecular weight excluding hydrogens is 208 g/mol. The van der Waals surface area contributed by atoms with Gasteiger partial charge in [-0.05, 0) is 36.9 Å². The first kappa shape index (κ1) is 10.9. The van der Waals surface area contributed by atoms with Crippen LogP contribution in [-0.4, -0.2) is 23.0 Å². The van der Waals surface area contributed by atoms with Crippen molar-refractivity contribution in [2.75, 3.05) is 13.1 Å². The Labute approximate surface area is 96.3 Å². The summed E-state index contributed by atoms with van der Waals surface area (Å²) in [5.41, 5.74) is 1.26. The number of pyridine rings is 1. The van der Waals surface area contributed by atoms with Crippen LogP contribution in [0.1, 0.15) is 25.3 Å². The maximum atomic E-state index is 5.75. The third kappa shape index (κ3) is 3.18. The van der Waals surface area contributed by atoms with E-state index in [0.717, 1.165) is 12.5 Å². The first-order chi connectivity index (χ1) is 7.24. The third-order valence-electron chi connectivity index (χ3n) is 2.94. The van der Waals surface area contributed by atoms with E-state index in [1.54, 1.807) is 0 Å². The molecule has 1 unspecified atom stereocenters. The normalized spacial score (nSPS) is 22.9. The summed E-state index contributed by atoms with van der Waals surface area (Å²) in [7, 11) is 0. The second-order valence-corrected chi connectivity index (χ2v) is 4.86. The molecule has 2 heterocycles. The van der Waals surface area contributed by atoms with Gasteiger partial charge in [-0.2, -0.15) is 0 Å². The lowest BCUT2D eigenvalue weighted by Gasteiger charge is -2.30. The summed E-state index contributed by atoms with van der Waals surface area (Å²) in [4.78, 5) is 6.60. The van der Waals surface area contributed by atoms with E-state index in [0.29, 0.717) is 5.15 Å². The standard InChI is InChI=1S/C12H17ClN2/c1-10-3-2-6-15(8-10)9-11-4-5-12(13)14-7-11/h4-5,7,10H,2-3,6,8-9H2,1H3. The van der Waals surface area contributed by atoms with Crippen molar-refractivity contribution in [2.24, 2.45) is 5.92 Å². The number of rotatable bonds is 2. The van der Waals surface area contributed by atoms with Gasteiger partial charge >= 0.3 is 0 Å². The van der Waals surface area contributed by atoms with Crippen molar-refractivity contribution in [3.63, 3.8) is 0 Å². The van der Waals surface area contributed by atoms with Crippen LogP contribution in [0.5, 0.6) is 0 Å². The maximum Gasteiger partial charge on any atom is 0.129 e. The highest BCUT2D eigenvalue weighted by molar-refractivity contribution is 6.29. The molecule has 0 bridgehead atoms. The zero-order valence-electron chi connectivity index (χ0n) is 9.12. The van der Waals surface area contributed by atoms with Gasteiger partial charge in [-0.3, -0.25) is 4.90 Å². The van der Waals surface area contributed by atoms with Gasteiger partial charge < -0.3 is 0 Å². The summed E-state index contributed by atoms with van der Waals surface area (Å²) in [6.45, 7) is 5.76. The van der Waals surface area contributed by atoms with Gasteiger partial charge in [-0.15, -0.1) is 0 Å². The van der Waals surface area contributed by atoms with E-state index in [-0.39, 0.29) is 0 Å². The van der Waals surface area contributed by atoms with Gasteiger partial charge in [0.05, 0.1) is 0 Å². The highest BCUT2D eigenvalue weighted by Crippen LogP contribution is 2.17. The zero-order valence-corrected chi connectivity index (χ0v) is 9.87. The average molecular weight is 225 g/mol. The molecule has 2 rings (SSSR count). The van der Waals surface area contributed by atoms with Crippen LogP contribution in [0.4, 0.5) is 0 Å². The van der Waals surface area contributed by atoms with Gasteiger partial charge in [-0.25, -0.2) is 4.98 Å². The highest BCUT2D eigenvalue weighted by Gasteiger charge is 2.15. The number of nitrogens with zero attached hydrogens (tertiary/aromatic N) is 2. The van der Waals surface area contributed by atoms with Crippen molar-refractivity contribution in [3.8, 4) is 0 Å². The minimum atomic E-state index is 0.575. The Morgan fingerprint density at radius 3 is 3.07 bits per heavy atom. The molecule has 1 aromatic rings. The first-order valence-electron chi connectivity index (χ1n) is 5.57. The molecule has 82 valence electrons. The predicted octanol–water partition coefficient (Wildman–Crippen LogP) is 2.97. The lowest BCUT2D eigenvalue weighted by Crippen LogP contribution is -2.33. The summed E-state index contributed by atoms with van der Waals surface area (Å²) < 4.78 is 0. The second-order valence-electron chi connectivity index (χ2n) is 4.47. The Balaban J connectivity index is 1.93. The Morgan fingerprint density at radius 1 is 1.53 bits per heavy atom. The van der Waals surface area contributed by atoms with E-state index < -0.39 is 0 Å². The smallest absolute Gasteiger partial charge is 0.129 e. The Kier molecular flexibility index (Phi) is 3.60. The summed E-state index contributed by atoms with van der Waals surface area (Å²) >= 11 is 5.75. The fraction of sp³-hybridized carbons (Fsp3) is 0.583. The SMILES string of the molecule is CC1CCCN(Cc2ccc(Cl)nc2)C1. The molecule has 0 radical (unpaired) electrons. The van der Waals surface area contributed by atoms with Crippen LogP contribution in [0, 0.1) is 5.92 Å². The minimum Gasteiger partial charge on any atom is -0.299 e. The minimum absolute atomic E-state index is 0.575. The lowest BCUT2D eigenvalue weighted by atomic mass is 10.00. The van der Waals surface area contributed by atoms with Crippen molar-refractivity contribution in [3.05, 3.63) is 29.0 Å². The Morgan fingerprint density at radius 2 is 2.40 bits per heavy atom. The molecule has 1 atom stereocenters. The Hall–Kier alpha value is -0.600. The molecule has 0 amide bonds. The van der Waals surface area contributed by atoms with Crippen molar-refractivity contribution < 1.29 is 0 Å². The number of likely N-dealkylation sites (tertiary alicyclic amines) is 1. The predicted molar refractivity (Wildman–Crippen MR) is 62.9 cm³/mol. The lowest BCUT2D eigenvalue weighted by molar-refractivity contribution is 0.176. The third-order valence-corrected chi connectivity index (χ3v) is 3.16. The molecule has 0 aromatic carbocycles. The summed E-state index contributed by atoms with van der Waals surface area (Å²) in [5, 5.41) is 0.575. The van der Waals surface area contributed by atoms with Crippen LogP contribution in [-0.2, 0) is 6.54 Å². The summed E-state index contributed by atoms with van der Waals surface area (Å²) in [6.07, 6.45) is 4.57. The van der Waals surface area contributed by atoms with Gasteiger partial charge in [0, 0.05) is 19.3 Å². The van der Waals surface area contributed by atoms with Crippen LogP contribution in [0.3, 0.4) is 0 Å². The van der Waals surface area contributed by atoms with E-state index in [2.05, 4.69) is 22.9 Å². The zero-order chi connectivity index (χ0) is 10.7. The van der Waals surface area contributed by atoms with Gasteiger partial charge in [0.15, 0.2) is 0 Å². The molecule has 0 N–H and O–H groups in total.